The molecular weight excluding hydrogens is 304 g/mol. The van der Waals surface area contributed by atoms with Gasteiger partial charge in [0.15, 0.2) is 0 Å². The SMILES string of the molecule is CCOc1ccc2c(=O)c(Oc3ccccc3Cl)coc2c1. The molecule has 0 atom stereocenters. The van der Waals surface area contributed by atoms with Crippen LogP contribution in [0.1, 0.15) is 6.92 Å². The topological polar surface area (TPSA) is 48.7 Å². The van der Waals surface area contributed by atoms with Crippen LogP contribution in [-0.4, -0.2) is 6.61 Å². The first-order chi connectivity index (χ1) is 10.7. The lowest BCUT2D eigenvalue weighted by molar-refractivity contribution is 0.340. The first-order valence-corrected chi connectivity index (χ1v) is 7.17. The third kappa shape index (κ3) is 2.78. The Hall–Kier alpha value is -2.46. The quantitative estimate of drug-likeness (QED) is 0.703. The zero-order valence-corrected chi connectivity index (χ0v) is 12.6. The second kappa shape index (κ2) is 6.12. The van der Waals surface area contributed by atoms with Crippen LogP contribution >= 0.6 is 11.6 Å². The van der Waals surface area contributed by atoms with Crippen LogP contribution in [0.15, 0.2) is 57.9 Å². The molecule has 0 spiro atoms. The molecule has 22 heavy (non-hydrogen) atoms. The fourth-order valence-electron chi connectivity index (χ4n) is 2.06. The normalized spacial score (nSPS) is 10.6. The average molecular weight is 317 g/mol. The van der Waals surface area contributed by atoms with Gasteiger partial charge in [-0.3, -0.25) is 4.79 Å². The summed E-state index contributed by atoms with van der Waals surface area (Å²) in [4.78, 5) is 12.4. The highest BCUT2D eigenvalue weighted by Gasteiger charge is 2.11. The van der Waals surface area contributed by atoms with Crippen molar-refractivity contribution in [1.82, 2.24) is 0 Å². The zero-order chi connectivity index (χ0) is 15.5. The van der Waals surface area contributed by atoms with E-state index in [4.69, 9.17) is 25.5 Å². The number of fused-ring (bicyclic) bond motifs is 1. The highest BCUT2D eigenvalue weighted by Crippen LogP contribution is 2.28. The van der Waals surface area contributed by atoms with Gasteiger partial charge in [-0.25, -0.2) is 0 Å². The molecule has 0 aliphatic carbocycles. The largest absolute Gasteiger partial charge is 0.494 e. The van der Waals surface area contributed by atoms with Crippen LogP contribution < -0.4 is 14.9 Å². The summed E-state index contributed by atoms with van der Waals surface area (Å²) in [6.07, 6.45) is 1.28. The predicted molar refractivity (Wildman–Crippen MR) is 85.2 cm³/mol. The van der Waals surface area contributed by atoms with E-state index in [9.17, 15) is 4.79 Å². The summed E-state index contributed by atoms with van der Waals surface area (Å²) in [7, 11) is 0. The van der Waals surface area contributed by atoms with Crippen molar-refractivity contribution >= 4 is 22.6 Å². The predicted octanol–water partition coefficient (Wildman–Crippen LogP) is 4.64. The van der Waals surface area contributed by atoms with Gasteiger partial charge in [0, 0.05) is 6.07 Å². The van der Waals surface area contributed by atoms with Gasteiger partial charge in [-0.05, 0) is 31.2 Å². The molecule has 3 aromatic rings. The third-order valence-electron chi connectivity index (χ3n) is 3.08. The Labute approximate surface area is 131 Å². The van der Waals surface area contributed by atoms with Crippen molar-refractivity contribution in [2.75, 3.05) is 6.61 Å². The summed E-state index contributed by atoms with van der Waals surface area (Å²) in [6.45, 7) is 2.43. The minimum absolute atomic E-state index is 0.0877. The molecule has 0 aliphatic heterocycles. The number of benzene rings is 2. The minimum atomic E-state index is -0.260. The molecule has 0 unspecified atom stereocenters. The smallest absolute Gasteiger partial charge is 0.235 e. The molecule has 0 saturated carbocycles. The first-order valence-electron chi connectivity index (χ1n) is 6.80. The Bertz CT molecular complexity index is 870. The molecule has 5 heteroatoms. The standard InChI is InChI=1S/C17H13ClO4/c1-2-20-11-7-8-12-15(9-11)21-10-16(17(12)19)22-14-6-4-3-5-13(14)18/h3-10H,2H2,1H3. The molecular formula is C17H13ClO4. The summed E-state index contributed by atoms with van der Waals surface area (Å²) >= 11 is 6.03. The molecule has 112 valence electrons. The maximum atomic E-state index is 12.4. The molecule has 1 aromatic heterocycles. The van der Waals surface area contributed by atoms with E-state index < -0.39 is 0 Å². The molecule has 0 aliphatic rings. The highest BCUT2D eigenvalue weighted by molar-refractivity contribution is 6.32. The van der Waals surface area contributed by atoms with Gasteiger partial charge in [-0.2, -0.15) is 0 Å². The van der Waals surface area contributed by atoms with Crippen LogP contribution in [0.4, 0.5) is 0 Å². The summed E-state index contributed by atoms with van der Waals surface area (Å²) in [6, 6.07) is 12.0. The molecule has 4 nitrogen and oxygen atoms in total. The maximum Gasteiger partial charge on any atom is 0.235 e. The first kappa shape index (κ1) is 14.5. The van der Waals surface area contributed by atoms with Crippen molar-refractivity contribution in [3.8, 4) is 17.2 Å². The van der Waals surface area contributed by atoms with Crippen molar-refractivity contribution in [2.45, 2.75) is 6.92 Å². The van der Waals surface area contributed by atoms with Crippen molar-refractivity contribution in [2.24, 2.45) is 0 Å². The van der Waals surface area contributed by atoms with Gasteiger partial charge in [0.2, 0.25) is 11.2 Å². The van der Waals surface area contributed by atoms with Gasteiger partial charge in [-0.15, -0.1) is 0 Å². The van der Waals surface area contributed by atoms with Crippen LogP contribution in [0.2, 0.25) is 5.02 Å². The lowest BCUT2D eigenvalue weighted by Gasteiger charge is -2.08. The van der Waals surface area contributed by atoms with E-state index in [-0.39, 0.29) is 11.2 Å². The fraction of sp³-hybridized carbons (Fsp3) is 0.118. The summed E-state index contributed by atoms with van der Waals surface area (Å²) in [5, 5.41) is 0.849. The fourth-order valence-corrected chi connectivity index (χ4v) is 2.24. The molecule has 0 bridgehead atoms. The molecule has 0 N–H and O–H groups in total. The molecule has 3 rings (SSSR count). The Morgan fingerprint density at radius 3 is 2.73 bits per heavy atom. The van der Waals surface area contributed by atoms with E-state index in [0.29, 0.717) is 34.1 Å². The van der Waals surface area contributed by atoms with Crippen molar-refractivity contribution in [3.05, 3.63) is 64.0 Å². The Morgan fingerprint density at radius 2 is 1.95 bits per heavy atom. The van der Waals surface area contributed by atoms with Crippen molar-refractivity contribution < 1.29 is 13.9 Å². The van der Waals surface area contributed by atoms with Crippen LogP contribution in [0.5, 0.6) is 17.2 Å². The van der Waals surface area contributed by atoms with Gasteiger partial charge in [0.25, 0.3) is 0 Å². The second-order valence-electron chi connectivity index (χ2n) is 4.55. The van der Waals surface area contributed by atoms with Gasteiger partial charge < -0.3 is 13.9 Å². The Morgan fingerprint density at radius 1 is 1.14 bits per heavy atom. The monoisotopic (exact) mass is 316 g/mol. The third-order valence-corrected chi connectivity index (χ3v) is 3.39. The van der Waals surface area contributed by atoms with Crippen LogP contribution in [0, 0.1) is 0 Å². The van der Waals surface area contributed by atoms with Gasteiger partial charge in [0.05, 0.1) is 17.0 Å². The van der Waals surface area contributed by atoms with Crippen molar-refractivity contribution in [1.29, 1.82) is 0 Å². The number of para-hydroxylation sites is 1. The molecule has 0 saturated heterocycles. The summed E-state index contributed by atoms with van der Waals surface area (Å²) in [5.41, 5.74) is 0.187. The number of rotatable bonds is 4. The number of halogens is 1. The van der Waals surface area contributed by atoms with Gasteiger partial charge >= 0.3 is 0 Å². The van der Waals surface area contributed by atoms with E-state index in [1.807, 2.05) is 6.92 Å². The van der Waals surface area contributed by atoms with Gasteiger partial charge in [-0.1, -0.05) is 23.7 Å². The molecule has 1 heterocycles. The maximum absolute atomic E-state index is 12.4. The number of ether oxygens (including phenoxy) is 2. The average Bonchev–Trinajstić information content (AvgIpc) is 2.52. The van der Waals surface area contributed by atoms with E-state index in [0.717, 1.165) is 0 Å². The van der Waals surface area contributed by atoms with E-state index in [2.05, 4.69) is 0 Å². The van der Waals surface area contributed by atoms with Crippen molar-refractivity contribution in [3.63, 3.8) is 0 Å². The van der Waals surface area contributed by atoms with E-state index in [1.165, 1.54) is 6.26 Å². The van der Waals surface area contributed by atoms with E-state index in [1.54, 1.807) is 42.5 Å². The van der Waals surface area contributed by atoms with Crippen LogP contribution in [-0.2, 0) is 0 Å². The van der Waals surface area contributed by atoms with Crippen LogP contribution in [0.3, 0.4) is 0 Å². The number of hydrogen-bond donors (Lipinski definition) is 0. The zero-order valence-electron chi connectivity index (χ0n) is 11.8. The Balaban J connectivity index is 2.02. The molecule has 2 aromatic carbocycles. The van der Waals surface area contributed by atoms with Gasteiger partial charge in [0.1, 0.15) is 23.3 Å². The molecule has 0 amide bonds. The second-order valence-corrected chi connectivity index (χ2v) is 4.96. The summed E-state index contributed by atoms with van der Waals surface area (Å²) < 4.78 is 16.4. The Kier molecular flexibility index (Phi) is 4.02. The van der Waals surface area contributed by atoms with Crippen LogP contribution in [0.25, 0.3) is 11.0 Å². The van der Waals surface area contributed by atoms with E-state index >= 15 is 0 Å². The molecule has 0 radical (unpaired) electrons. The minimum Gasteiger partial charge on any atom is -0.494 e. The highest BCUT2D eigenvalue weighted by atomic mass is 35.5. The number of hydrogen-bond acceptors (Lipinski definition) is 4. The summed E-state index contributed by atoms with van der Waals surface area (Å²) in [5.74, 6) is 1.14. The lowest BCUT2D eigenvalue weighted by atomic mass is 10.2. The molecule has 0 fully saturated rings. The lowest BCUT2D eigenvalue weighted by Crippen LogP contribution is -2.05.